The minimum atomic E-state index is 0.522. The van der Waals surface area contributed by atoms with Crippen molar-refractivity contribution in [1.29, 1.82) is 0 Å². The van der Waals surface area contributed by atoms with Crippen molar-refractivity contribution in [3.8, 4) is 11.4 Å². The summed E-state index contributed by atoms with van der Waals surface area (Å²) in [5.41, 5.74) is 3.27. The lowest BCUT2D eigenvalue weighted by Gasteiger charge is -2.10. The summed E-state index contributed by atoms with van der Waals surface area (Å²) in [6, 6.07) is 5.47. The molecule has 1 aromatic heterocycles. The number of aryl methyl sites for hydroxylation is 1. The molecule has 1 N–H and O–H groups in total. The molecule has 1 aliphatic carbocycles. The van der Waals surface area contributed by atoms with Gasteiger partial charge in [0.15, 0.2) is 5.82 Å². The van der Waals surface area contributed by atoms with Crippen LogP contribution in [0.2, 0.25) is 10.0 Å². The van der Waals surface area contributed by atoms with Gasteiger partial charge in [-0.25, -0.2) is 9.97 Å². The van der Waals surface area contributed by atoms with Gasteiger partial charge in [0.05, 0.1) is 10.0 Å². The van der Waals surface area contributed by atoms with Gasteiger partial charge in [0.2, 0.25) is 0 Å². The molecular weight excluding hydrogens is 281 g/mol. The number of benzene rings is 1. The maximum atomic E-state index is 6.05. The van der Waals surface area contributed by atoms with Gasteiger partial charge in [-0.2, -0.15) is 0 Å². The fraction of sp³-hybridized carbons (Fsp3) is 0.286. The van der Waals surface area contributed by atoms with Gasteiger partial charge < -0.3 is 5.32 Å². The maximum Gasteiger partial charge on any atom is 0.161 e. The Morgan fingerprint density at radius 3 is 2.68 bits per heavy atom. The van der Waals surface area contributed by atoms with Crippen molar-refractivity contribution in [3.63, 3.8) is 0 Å². The van der Waals surface area contributed by atoms with E-state index in [9.17, 15) is 0 Å². The van der Waals surface area contributed by atoms with Crippen LogP contribution >= 0.6 is 23.2 Å². The topological polar surface area (TPSA) is 37.8 Å². The Morgan fingerprint density at radius 2 is 1.95 bits per heavy atom. The molecule has 19 heavy (non-hydrogen) atoms. The lowest BCUT2D eigenvalue weighted by molar-refractivity contribution is 0.900. The van der Waals surface area contributed by atoms with Crippen LogP contribution in [-0.4, -0.2) is 17.0 Å². The van der Waals surface area contributed by atoms with Crippen LogP contribution in [-0.2, 0) is 12.8 Å². The molecule has 3 rings (SSSR count). The summed E-state index contributed by atoms with van der Waals surface area (Å²) in [5.74, 6) is 1.62. The molecule has 0 unspecified atom stereocenters. The van der Waals surface area contributed by atoms with E-state index in [-0.39, 0.29) is 0 Å². The molecular formula is C14H13Cl2N3. The van der Waals surface area contributed by atoms with Gasteiger partial charge in [0.25, 0.3) is 0 Å². The van der Waals surface area contributed by atoms with Crippen molar-refractivity contribution in [2.24, 2.45) is 0 Å². The third-order valence-electron chi connectivity index (χ3n) is 3.35. The molecule has 0 amide bonds. The molecule has 0 bridgehead atoms. The average molecular weight is 294 g/mol. The number of fused-ring (bicyclic) bond motifs is 1. The predicted octanol–water partition coefficient (Wildman–Crippen LogP) is 3.98. The second kappa shape index (κ2) is 4.99. The van der Waals surface area contributed by atoms with E-state index in [1.165, 1.54) is 5.56 Å². The van der Waals surface area contributed by atoms with Gasteiger partial charge in [-0.15, -0.1) is 0 Å². The molecule has 1 aliphatic rings. The van der Waals surface area contributed by atoms with Gasteiger partial charge in [-0.3, -0.25) is 0 Å². The van der Waals surface area contributed by atoms with E-state index in [1.807, 2.05) is 13.1 Å². The van der Waals surface area contributed by atoms with Crippen LogP contribution in [0.25, 0.3) is 11.4 Å². The van der Waals surface area contributed by atoms with E-state index in [0.717, 1.165) is 36.3 Å². The molecule has 0 saturated heterocycles. The fourth-order valence-electron chi connectivity index (χ4n) is 2.40. The predicted molar refractivity (Wildman–Crippen MR) is 79.1 cm³/mol. The van der Waals surface area contributed by atoms with Crippen molar-refractivity contribution in [2.45, 2.75) is 19.3 Å². The van der Waals surface area contributed by atoms with Crippen molar-refractivity contribution in [3.05, 3.63) is 39.5 Å². The molecule has 5 heteroatoms. The first-order valence-corrected chi connectivity index (χ1v) is 6.97. The molecule has 0 fully saturated rings. The Kier molecular flexibility index (Phi) is 3.33. The van der Waals surface area contributed by atoms with Crippen molar-refractivity contribution < 1.29 is 0 Å². The van der Waals surface area contributed by atoms with Crippen molar-refractivity contribution >= 4 is 29.0 Å². The molecule has 3 nitrogen and oxygen atoms in total. The smallest absolute Gasteiger partial charge is 0.161 e. The second-order valence-corrected chi connectivity index (χ2v) is 5.37. The molecule has 0 spiro atoms. The fourth-order valence-corrected chi connectivity index (χ4v) is 2.70. The minimum absolute atomic E-state index is 0.522. The van der Waals surface area contributed by atoms with Crippen LogP contribution in [0.4, 0.5) is 5.82 Å². The summed E-state index contributed by atoms with van der Waals surface area (Å²) in [4.78, 5) is 9.23. The molecule has 0 aliphatic heterocycles. The largest absolute Gasteiger partial charge is 0.373 e. The van der Waals surface area contributed by atoms with Crippen LogP contribution < -0.4 is 5.32 Å². The number of aromatic nitrogens is 2. The highest BCUT2D eigenvalue weighted by atomic mass is 35.5. The number of nitrogens with zero attached hydrogens (tertiary/aromatic N) is 2. The number of halogens is 2. The number of nitrogens with one attached hydrogen (secondary N) is 1. The molecule has 2 aromatic rings. The zero-order valence-electron chi connectivity index (χ0n) is 10.5. The van der Waals surface area contributed by atoms with Gasteiger partial charge >= 0.3 is 0 Å². The first-order valence-electron chi connectivity index (χ1n) is 6.22. The van der Waals surface area contributed by atoms with Crippen LogP contribution in [0.1, 0.15) is 17.7 Å². The zero-order valence-corrected chi connectivity index (χ0v) is 12.0. The summed E-state index contributed by atoms with van der Waals surface area (Å²) < 4.78 is 0. The first kappa shape index (κ1) is 12.7. The number of rotatable bonds is 2. The molecule has 0 atom stereocenters. The third-order valence-corrected chi connectivity index (χ3v) is 4.09. The summed E-state index contributed by atoms with van der Waals surface area (Å²) in [5, 5.41) is 4.22. The van der Waals surface area contributed by atoms with Crippen LogP contribution in [0.15, 0.2) is 18.2 Å². The Bertz CT molecular complexity index is 641. The SMILES string of the molecule is CNc1nc(-c2ccc(Cl)c(Cl)c2)nc2c1CCC2. The number of anilines is 1. The number of hydrogen-bond donors (Lipinski definition) is 1. The lowest BCUT2D eigenvalue weighted by Crippen LogP contribution is -2.03. The molecule has 98 valence electrons. The van der Waals surface area contributed by atoms with Gasteiger partial charge in [0.1, 0.15) is 5.82 Å². The minimum Gasteiger partial charge on any atom is -0.373 e. The van der Waals surface area contributed by atoms with E-state index in [0.29, 0.717) is 15.9 Å². The average Bonchev–Trinajstić information content (AvgIpc) is 2.89. The molecule has 0 radical (unpaired) electrons. The Morgan fingerprint density at radius 1 is 1.11 bits per heavy atom. The second-order valence-electron chi connectivity index (χ2n) is 4.55. The van der Waals surface area contributed by atoms with Crippen LogP contribution in [0, 0.1) is 0 Å². The normalized spacial score (nSPS) is 13.4. The van der Waals surface area contributed by atoms with Gasteiger partial charge in [-0.05, 0) is 37.5 Å². The highest BCUT2D eigenvalue weighted by molar-refractivity contribution is 6.42. The molecule has 0 saturated carbocycles. The Balaban J connectivity index is 2.12. The molecule has 1 heterocycles. The van der Waals surface area contributed by atoms with Crippen molar-refractivity contribution in [2.75, 3.05) is 12.4 Å². The van der Waals surface area contributed by atoms with Crippen molar-refractivity contribution in [1.82, 2.24) is 9.97 Å². The highest BCUT2D eigenvalue weighted by Crippen LogP contribution is 2.31. The van der Waals surface area contributed by atoms with Gasteiger partial charge in [-0.1, -0.05) is 23.2 Å². The summed E-state index contributed by atoms with van der Waals surface area (Å²) in [6.07, 6.45) is 3.21. The first-order chi connectivity index (χ1) is 9.19. The Labute approximate surface area is 122 Å². The summed E-state index contributed by atoms with van der Waals surface area (Å²) >= 11 is 12.0. The van der Waals surface area contributed by atoms with E-state index >= 15 is 0 Å². The van der Waals surface area contributed by atoms with Crippen LogP contribution in [0.3, 0.4) is 0 Å². The van der Waals surface area contributed by atoms with Crippen LogP contribution in [0.5, 0.6) is 0 Å². The van der Waals surface area contributed by atoms with E-state index in [2.05, 4.69) is 15.3 Å². The zero-order chi connectivity index (χ0) is 13.4. The van der Waals surface area contributed by atoms with Gasteiger partial charge in [0, 0.05) is 23.9 Å². The summed E-state index contributed by atoms with van der Waals surface area (Å²) in [7, 11) is 1.89. The van der Waals surface area contributed by atoms with E-state index in [1.54, 1.807) is 12.1 Å². The quantitative estimate of drug-likeness (QED) is 0.910. The monoisotopic (exact) mass is 293 g/mol. The van der Waals surface area contributed by atoms with E-state index < -0.39 is 0 Å². The third kappa shape index (κ3) is 2.28. The summed E-state index contributed by atoms with van der Waals surface area (Å²) in [6.45, 7) is 0. The Hall–Kier alpha value is -1.32. The molecule has 1 aromatic carbocycles. The van der Waals surface area contributed by atoms with E-state index in [4.69, 9.17) is 23.2 Å². The highest BCUT2D eigenvalue weighted by Gasteiger charge is 2.19. The standard InChI is InChI=1S/C14H13Cl2N3/c1-17-14-9-3-2-4-12(9)18-13(19-14)8-5-6-10(15)11(16)7-8/h5-7H,2-4H2,1H3,(H,17,18,19). The lowest BCUT2D eigenvalue weighted by atomic mass is 10.2. The number of hydrogen-bond acceptors (Lipinski definition) is 3. The maximum absolute atomic E-state index is 6.05.